The molecular weight excluding hydrogens is 290 g/mol. The summed E-state index contributed by atoms with van der Waals surface area (Å²) in [6.07, 6.45) is 4.62. The number of nitrogens with zero attached hydrogens (tertiary/aromatic N) is 3. The highest BCUT2D eigenvalue weighted by Gasteiger charge is 2.38. The Morgan fingerprint density at radius 3 is 2.86 bits per heavy atom. The van der Waals surface area contributed by atoms with Gasteiger partial charge in [-0.3, -0.25) is 4.68 Å². The first-order valence-electron chi connectivity index (χ1n) is 7.13. The van der Waals surface area contributed by atoms with Crippen molar-refractivity contribution in [3.05, 3.63) is 36.0 Å². The third-order valence-electron chi connectivity index (χ3n) is 3.83. The molecule has 1 aliphatic heterocycles. The average molecular weight is 309 g/mol. The smallest absolute Gasteiger partial charge is 0.246 e. The minimum absolute atomic E-state index is 0.214. The van der Waals surface area contributed by atoms with Crippen molar-refractivity contribution >= 4 is 10.0 Å². The van der Waals surface area contributed by atoms with Gasteiger partial charge in [-0.05, 0) is 38.8 Å². The Balaban J connectivity index is 1.93. The number of aromatic nitrogens is 2. The van der Waals surface area contributed by atoms with Crippen LogP contribution >= 0.6 is 0 Å². The molecule has 6 nitrogen and oxygen atoms in total. The molecule has 0 bridgehead atoms. The molecule has 0 saturated carbocycles. The summed E-state index contributed by atoms with van der Waals surface area (Å²) in [4.78, 5) is 0.250. The van der Waals surface area contributed by atoms with E-state index in [0.29, 0.717) is 13.1 Å². The van der Waals surface area contributed by atoms with E-state index in [2.05, 4.69) is 5.10 Å². The van der Waals surface area contributed by atoms with Crippen molar-refractivity contribution in [3.8, 4) is 0 Å². The molecule has 0 aromatic carbocycles. The molecule has 1 atom stereocenters. The van der Waals surface area contributed by atoms with Gasteiger partial charge in [-0.1, -0.05) is 0 Å². The van der Waals surface area contributed by atoms with Crippen molar-refractivity contribution in [2.24, 2.45) is 0 Å². The Labute approximate surface area is 124 Å². The van der Waals surface area contributed by atoms with Crippen molar-refractivity contribution in [2.75, 3.05) is 6.54 Å². The van der Waals surface area contributed by atoms with Gasteiger partial charge in [-0.15, -0.1) is 0 Å². The molecule has 1 fully saturated rings. The van der Waals surface area contributed by atoms with Gasteiger partial charge in [0.15, 0.2) is 0 Å². The minimum Gasteiger partial charge on any atom is -0.465 e. The Morgan fingerprint density at radius 1 is 1.43 bits per heavy atom. The van der Waals surface area contributed by atoms with Crippen LogP contribution in [0.1, 0.15) is 37.3 Å². The van der Waals surface area contributed by atoms with E-state index in [-0.39, 0.29) is 10.9 Å². The topological polar surface area (TPSA) is 68.3 Å². The number of furan rings is 1. The lowest BCUT2D eigenvalue weighted by Crippen LogP contribution is -2.30. The zero-order chi connectivity index (χ0) is 15.0. The van der Waals surface area contributed by atoms with E-state index in [4.69, 9.17) is 4.42 Å². The molecule has 1 saturated heterocycles. The van der Waals surface area contributed by atoms with Crippen LogP contribution < -0.4 is 0 Å². The minimum atomic E-state index is -3.53. The molecular formula is C14H19N3O3S. The van der Waals surface area contributed by atoms with Gasteiger partial charge < -0.3 is 4.42 Å². The van der Waals surface area contributed by atoms with E-state index in [1.807, 2.05) is 26.0 Å². The van der Waals surface area contributed by atoms with Crippen LogP contribution in [0.4, 0.5) is 0 Å². The van der Waals surface area contributed by atoms with E-state index < -0.39 is 10.0 Å². The second kappa shape index (κ2) is 5.31. The molecule has 0 amide bonds. The highest BCUT2D eigenvalue weighted by Crippen LogP contribution is 2.37. The largest absolute Gasteiger partial charge is 0.465 e. The lowest BCUT2D eigenvalue weighted by Gasteiger charge is -2.21. The summed E-state index contributed by atoms with van der Waals surface area (Å²) in [6, 6.07) is 3.52. The molecule has 1 aliphatic rings. The molecule has 21 heavy (non-hydrogen) atoms. The van der Waals surface area contributed by atoms with Crippen LogP contribution in [0, 0.1) is 6.92 Å². The molecule has 3 rings (SSSR count). The lowest BCUT2D eigenvalue weighted by atomic mass is 10.2. The van der Waals surface area contributed by atoms with E-state index in [9.17, 15) is 8.42 Å². The first kappa shape index (κ1) is 14.3. The third kappa shape index (κ3) is 2.51. The number of hydrogen-bond acceptors (Lipinski definition) is 4. The quantitative estimate of drug-likeness (QED) is 0.869. The molecule has 2 aromatic rings. The van der Waals surface area contributed by atoms with Gasteiger partial charge in [0.1, 0.15) is 16.4 Å². The predicted octanol–water partition coefficient (Wildman–Crippen LogP) is 2.33. The Kier molecular flexibility index (Phi) is 3.62. The molecule has 0 unspecified atom stereocenters. The number of aryl methyl sites for hydroxylation is 2. The summed E-state index contributed by atoms with van der Waals surface area (Å²) in [7, 11) is -3.53. The molecule has 0 radical (unpaired) electrons. The normalized spacial score (nSPS) is 20.2. The molecule has 114 valence electrons. The van der Waals surface area contributed by atoms with Gasteiger partial charge in [0.25, 0.3) is 0 Å². The number of hydrogen-bond donors (Lipinski definition) is 0. The van der Waals surface area contributed by atoms with Crippen LogP contribution in [-0.2, 0) is 16.6 Å². The predicted molar refractivity (Wildman–Crippen MR) is 77.2 cm³/mol. The van der Waals surface area contributed by atoms with E-state index >= 15 is 0 Å². The van der Waals surface area contributed by atoms with Crippen molar-refractivity contribution in [2.45, 2.75) is 44.2 Å². The van der Waals surface area contributed by atoms with Gasteiger partial charge in [-0.2, -0.15) is 9.40 Å². The highest BCUT2D eigenvalue weighted by molar-refractivity contribution is 7.89. The van der Waals surface area contributed by atoms with E-state index in [1.165, 1.54) is 10.5 Å². The standard InChI is InChI=1S/C14H19N3O3S/c1-3-16-10-12(9-15-16)21(18,19)17-8-4-5-13(17)14-7-6-11(2)20-14/h6-7,9-10,13H,3-5,8H2,1-2H3/t13-/m0/s1. The maximum absolute atomic E-state index is 12.8. The van der Waals surface area contributed by atoms with Crippen molar-refractivity contribution < 1.29 is 12.8 Å². The maximum Gasteiger partial charge on any atom is 0.246 e. The van der Waals surface area contributed by atoms with Crippen molar-refractivity contribution in [1.29, 1.82) is 0 Å². The second-order valence-corrected chi connectivity index (χ2v) is 7.14. The monoisotopic (exact) mass is 309 g/mol. The van der Waals surface area contributed by atoms with E-state index in [1.54, 1.807) is 10.9 Å². The Hall–Kier alpha value is -1.60. The lowest BCUT2D eigenvalue weighted by molar-refractivity contribution is 0.334. The average Bonchev–Trinajstić information content (AvgIpc) is 3.18. The maximum atomic E-state index is 12.8. The second-order valence-electron chi connectivity index (χ2n) is 5.25. The fraction of sp³-hybridized carbons (Fsp3) is 0.500. The molecule has 7 heteroatoms. The molecule has 2 aromatic heterocycles. The van der Waals surface area contributed by atoms with Gasteiger partial charge in [-0.25, -0.2) is 8.42 Å². The van der Waals surface area contributed by atoms with Crippen molar-refractivity contribution in [1.82, 2.24) is 14.1 Å². The molecule has 0 N–H and O–H groups in total. The summed E-state index contributed by atoms with van der Waals surface area (Å²) < 4.78 is 34.3. The van der Waals surface area contributed by atoms with Crippen LogP contribution in [0.5, 0.6) is 0 Å². The molecule has 0 aliphatic carbocycles. The van der Waals surface area contributed by atoms with Gasteiger partial charge in [0, 0.05) is 19.3 Å². The number of rotatable bonds is 4. The number of sulfonamides is 1. The fourth-order valence-corrected chi connectivity index (χ4v) is 4.35. The summed E-state index contributed by atoms with van der Waals surface area (Å²) in [5, 5.41) is 4.06. The Morgan fingerprint density at radius 2 is 2.24 bits per heavy atom. The summed E-state index contributed by atoms with van der Waals surface area (Å²) in [6.45, 7) is 4.95. The third-order valence-corrected chi connectivity index (χ3v) is 5.69. The zero-order valence-corrected chi connectivity index (χ0v) is 13.0. The first-order chi connectivity index (χ1) is 10.0. The van der Waals surface area contributed by atoms with Crippen LogP contribution in [0.2, 0.25) is 0 Å². The van der Waals surface area contributed by atoms with Crippen molar-refractivity contribution in [3.63, 3.8) is 0 Å². The van der Waals surface area contributed by atoms with Gasteiger partial charge in [0.05, 0.1) is 12.2 Å². The van der Waals surface area contributed by atoms with Gasteiger partial charge >= 0.3 is 0 Å². The van der Waals surface area contributed by atoms with Crippen LogP contribution in [0.15, 0.2) is 33.8 Å². The van der Waals surface area contributed by atoms with Crippen LogP contribution in [-0.4, -0.2) is 29.0 Å². The Bertz CT molecular complexity index is 732. The molecule has 3 heterocycles. The fourth-order valence-electron chi connectivity index (χ4n) is 2.73. The van der Waals surface area contributed by atoms with Crippen LogP contribution in [0.3, 0.4) is 0 Å². The summed E-state index contributed by atoms with van der Waals surface area (Å²) in [5.74, 6) is 1.52. The summed E-state index contributed by atoms with van der Waals surface area (Å²) >= 11 is 0. The molecule has 0 spiro atoms. The van der Waals surface area contributed by atoms with Crippen LogP contribution in [0.25, 0.3) is 0 Å². The SMILES string of the molecule is CCn1cc(S(=O)(=O)N2CCC[C@H]2c2ccc(C)o2)cn1. The van der Waals surface area contributed by atoms with E-state index in [0.717, 1.165) is 24.4 Å². The zero-order valence-electron chi connectivity index (χ0n) is 12.2. The van der Waals surface area contributed by atoms with Gasteiger partial charge in [0.2, 0.25) is 10.0 Å². The highest BCUT2D eigenvalue weighted by atomic mass is 32.2. The first-order valence-corrected chi connectivity index (χ1v) is 8.57. The summed E-state index contributed by atoms with van der Waals surface area (Å²) in [5.41, 5.74) is 0.